The third-order valence-corrected chi connectivity index (χ3v) is 6.36. The molecule has 0 aliphatic carbocycles. The Hall–Kier alpha value is -2.35. The van der Waals surface area contributed by atoms with Crippen molar-refractivity contribution in [3.8, 4) is 5.75 Å². The van der Waals surface area contributed by atoms with Crippen LogP contribution in [-0.4, -0.2) is 9.97 Å². The van der Waals surface area contributed by atoms with E-state index in [1.54, 1.807) is 0 Å². The molecule has 6 heteroatoms. The van der Waals surface area contributed by atoms with Crippen molar-refractivity contribution in [1.82, 2.24) is 9.97 Å². The summed E-state index contributed by atoms with van der Waals surface area (Å²) in [5, 5.41) is 0. The number of hydrogen-bond donors (Lipinski definition) is 2. The van der Waals surface area contributed by atoms with Gasteiger partial charge in [-0.3, -0.25) is 0 Å². The Morgan fingerprint density at radius 1 is 0.960 bits per heavy atom. The number of nitrogens with one attached hydrogen (secondary N) is 2. The van der Waals surface area contributed by atoms with E-state index in [2.05, 4.69) is 41.2 Å². The summed E-state index contributed by atoms with van der Waals surface area (Å²) < 4.78 is 7.51. The van der Waals surface area contributed by atoms with Gasteiger partial charge in [0.1, 0.15) is 0 Å². The fraction of sp³-hybridized carbons (Fsp3) is 0.158. The monoisotopic (exact) mass is 449 g/mol. The van der Waals surface area contributed by atoms with Crippen LogP contribution in [-0.2, 0) is 13.0 Å². The van der Waals surface area contributed by atoms with Crippen LogP contribution in [0.25, 0.3) is 0 Å². The first-order valence-corrected chi connectivity index (χ1v) is 10.1. The molecule has 2 aromatic carbocycles. The Bertz CT molecular complexity index is 944. The molecule has 0 aliphatic heterocycles. The molecule has 3 rings (SSSR count). The van der Waals surface area contributed by atoms with Crippen molar-refractivity contribution in [3.05, 3.63) is 93.8 Å². The van der Waals surface area contributed by atoms with E-state index < -0.39 is 26.9 Å². The zero-order valence-corrected chi connectivity index (χ0v) is 15.9. The van der Waals surface area contributed by atoms with Crippen LogP contribution in [0.3, 0.4) is 0 Å². The first kappa shape index (κ1) is 17.5. The number of halogens is 1. The van der Waals surface area contributed by atoms with Crippen molar-refractivity contribution in [1.29, 1.82) is 0 Å². The van der Waals surface area contributed by atoms with E-state index >= 15 is 0 Å². The minimum atomic E-state index is -0.648. The Labute approximate surface area is 155 Å². The number of aromatic nitrogens is 2. The van der Waals surface area contributed by atoms with Crippen LogP contribution in [0.1, 0.15) is 18.1 Å². The fourth-order valence-corrected chi connectivity index (χ4v) is 4.29. The molecule has 0 spiro atoms. The molecule has 2 N–H and O–H groups in total. The maximum atomic E-state index is 11.7. The van der Waals surface area contributed by atoms with Crippen LogP contribution < -0.4 is 37.2 Å². The first-order valence-electron chi connectivity index (χ1n) is 7.91. The second kappa shape index (κ2) is 8.15. The Balaban J connectivity index is 1.61. The molecule has 1 aromatic heterocycles. The molecular weight excluding hydrogens is 431 g/mol. The molecule has 0 fully saturated rings. The molecule has 0 atom stereocenters. The molecule has 3 aromatic rings. The summed E-state index contributed by atoms with van der Waals surface area (Å²) in [5.41, 5.74) is 1.66. The Morgan fingerprint density at radius 3 is 2.28 bits per heavy atom. The van der Waals surface area contributed by atoms with Gasteiger partial charge >= 0.3 is 155 Å². The quantitative estimate of drug-likeness (QED) is 0.491. The van der Waals surface area contributed by atoms with Gasteiger partial charge in [-0.1, -0.05) is 0 Å². The molecule has 0 saturated carbocycles. The molecule has 130 valence electrons. The normalized spacial score (nSPS) is 10.8. The summed E-state index contributed by atoms with van der Waals surface area (Å²) >= 11 is -0.648. The molecule has 0 radical (unpaired) electrons. The van der Waals surface area contributed by atoms with Crippen molar-refractivity contribution in [2.45, 2.75) is 20.0 Å². The van der Waals surface area contributed by atoms with E-state index in [1.807, 2.05) is 24.3 Å². The van der Waals surface area contributed by atoms with Crippen molar-refractivity contribution in [2.24, 2.45) is 0 Å². The van der Waals surface area contributed by atoms with Crippen LogP contribution in [0.2, 0.25) is 0 Å². The number of hydrogen-bond acceptors (Lipinski definition) is 3. The second-order valence-corrected chi connectivity index (χ2v) is 8.37. The average Bonchev–Trinajstić information content (AvgIpc) is 2.64. The van der Waals surface area contributed by atoms with Gasteiger partial charge in [0, 0.05) is 0 Å². The zero-order chi connectivity index (χ0) is 17.6. The summed E-state index contributed by atoms with van der Waals surface area (Å²) in [5.74, 6) is 0.794. The van der Waals surface area contributed by atoms with E-state index in [-0.39, 0.29) is 5.56 Å². The van der Waals surface area contributed by atoms with Crippen molar-refractivity contribution in [3.63, 3.8) is 0 Å². The summed E-state index contributed by atoms with van der Waals surface area (Å²) in [4.78, 5) is 27.6. The molecule has 0 aliphatic rings. The number of ether oxygens (including phenoxy) is 1. The Morgan fingerprint density at radius 2 is 1.64 bits per heavy atom. The zero-order valence-electron chi connectivity index (χ0n) is 13.7. The predicted octanol–water partition coefficient (Wildman–Crippen LogP) is -0.667. The predicted molar refractivity (Wildman–Crippen MR) is 91.7 cm³/mol. The van der Waals surface area contributed by atoms with Gasteiger partial charge in [-0.15, -0.1) is 0 Å². The molecular formula is C19H18IN2O3-. The standard InChI is InChI=1S/C19H18IN2O3/c1-2-13-3-5-14(6-4-13)12-25-16-9-7-15(8-10-16)20-17-11-21-19(24)22-18(17)23/h3-11H,2,12H2,1H3,(H2,21,22,23,24)/q-1. The third kappa shape index (κ3) is 4.82. The molecule has 0 bridgehead atoms. The van der Waals surface area contributed by atoms with Crippen LogP contribution in [0.5, 0.6) is 5.75 Å². The van der Waals surface area contributed by atoms with Gasteiger partial charge in [-0.25, -0.2) is 0 Å². The van der Waals surface area contributed by atoms with Gasteiger partial charge < -0.3 is 0 Å². The first-order chi connectivity index (χ1) is 12.1. The van der Waals surface area contributed by atoms with Crippen molar-refractivity contribution < 1.29 is 25.9 Å². The van der Waals surface area contributed by atoms with Gasteiger partial charge in [0.25, 0.3) is 0 Å². The van der Waals surface area contributed by atoms with Crippen molar-refractivity contribution >= 4 is 0 Å². The SMILES string of the molecule is CCc1ccc(COc2ccc([I-]c3c[nH]c(=O)[nH]c3=O)cc2)cc1. The van der Waals surface area contributed by atoms with E-state index in [0.717, 1.165) is 21.3 Å². The molecule has 0 unspecified atom stereocenters. The Kier molecular flexibility index (Phi) is 5.70. The van der Waals surface area contributed by atoms with Gasteiger partial charge in [-0.05, 0) is 0 Å². The van der Waals surface area contributed by atoms with Crippen molar-refractivity contribution in [2.75, 3.05) is 0 Å². The van der Waals surface area contributed by atoms with Crippen LogP contribution in [0.4, 0.5) is 0 Å². The summed E-state index contributed by atoms with van der Waals surface area (Å²) in [7, 11) is 0. The molecule has 1 heterocycles. The number of aryl methyl sites for hydroxylation is 1. The topological polar surface area (TPSA) is 75.0 Å². The number of H-pyrrole nitrogens is 2. The van der Waals surface area contributed by atoms with Gasteiger partial charge in [0.2, 0.25) is 0 Å². The van der Waals surface area contributed by atoms with E-state index in [4.69, 9.17) is 4.74 Å². The maximum absolute atomic E-state index is 11.7. The number of aromatic amines is 2. The van der Waals surface area contributed by atoms with Gasteiger partial charge in [0.15, 0.2) is 0 Å². The number of benzene rings is 2. The van der Waals surface area contributed by atoms with E-state index in [0.29, 0.717) is 10.2 Å². The second-order valence-electron chi connectivity index (χ2n) is 5.43. The molecule has 0 amide bonds. The molecule has 25 heavy (non-hydrogen) atoms. The number of rotatable bonds is 6. The summed E-state index contributed by atoms with van der Waals surface area (Å²) in [6, 6.07) is 16.2. The van der Waals surface area contributed by atoms with Gasteiger partial charge in [0.05, 0.1) is 0 Å². The van der Waals surface area contributed by atoms with E-state index in [1.165, 1.54) is 11.8 Å². The third-order valence-electron chi connectivity index (χ3n) is 3.64. The molecule has 0 saturated heterocycles. The van der Waals surface area contributed by atoms with E-state index in [9.17, 15) is 9.59 Å². The summed E-state index contributed by atoms with van der Waals surface area (Å²) in [6.07, 6.45) is 2.53. The van der Waals surface area contributed by atoms with Crippen LogP contribution in [0.15, 0.2) is 64.3 Å². The fourth-order valence-electron chi connectivity index (χ4n) is 2.21. The molecule has 5 nitrogen and oxygen atoms in total. The van der Waals surface area contributed by atoms with Crippen LogP contribution >= 0.6 is 0 Å². The minimum absolute atomic E-state index is 0.313. The average molecular weight is 449 g/mol. The van der Waals surface area contributed by atoms with Crippen LogP contribution in [0, 0.1) is 7.14 Å². The van der Waals surface area contributed by atoms with Gasteiger partial charge in [-0.2, -0.15) is 0 Å². The summed E-state index contributed by atoms with van der Waals surface area (Å²) in [6.45, 7) is 2.66.